The summed E-state index contributed by atoms with van der Waals surface area (Å²) in [4.78, 5) is 49.5. The van der Waals surface area contributed by atoms with Gasteiger partial charge in [-0.25, -0.2) is 0 Å². The van der Waals surface area contributed by atoms with Gasteiger partial charge in [-0.05, 0) is 0 Å². The molecule has 0 saturated carbocycles. The van der Waals surface area contributed by atoms with E-state index in [1.54, 1.807) is 0 Å². The predicted molar refractivity (Wildman–Crippen MR) is 62.2 cm³/mol. The Labute approximate surface area is 172 Å². The number of nitrogens with zero attached hydrogens (tertiary/aromatic N) is 6. The summed E-state index contributed by atoms with van der Waals surface area (Å²) in [6.45, 7) is 0. The van der Waals surface area contributed by atoms with Gasteiger partial charge in [0.1, 0.15) is 0 Å². The maximum absolute atomic E-state index is 8.25. The Morgan fingerprint density at radius 1 is 0.296 bits per heavy atom. The summed E-state index contributed by atoms with van der Waals surface area (Å²) in [5, 5.41) is 88.5. The molecule has 1 radical (unpaired) electrons. The molecule has 0 amide bonds. The van der Waals surface area contributed by atoms with Gasteiger partial charge in [-0.2, -0.15) is 0 Å². The summed E-state index contributed by atoms with van der Waals surface area (Å²) in [6.07, 6.45) is 0. The number of hydrogen-bond donors (Lipinski definition) is 0. The van der Waals surface area contributed by atoms with E-state index >= 15 is 0 Å². The summed E-state index contributed by atoms with van der Waals surface area (Å²) in [6, 6.07) is 0. The van der Waals surface area contributed by atoms with Crippen LogP contribution in [0.3, 0.4) is 0 Å². The summed E-state index contributed by atoms with van der Waals surface area (Å²) in [5.74, 6) is 0. The SMILES string of the molecule is O=[N+]([O-])[O-].O=[N+]([O-])[O-].O=[N+]([O-])[O-].O=[N+]([O-])[O-].O=[N+]([O-])[O-].O=[N+]([O-])[O-].[Co+2].[Ni+2].[Ni+2]. The zero-order valence-electron chi connectivity index (χ0n) is 11.0. The molecule has 0 N–H and O–H groups in total. The second-order valence-electron chi connectivity index (χ2n) is 1.34. The Morgan fingerprint density at radius 2 is 0.296 bits per heavy atom. The van der Waals surface area contributed by atoms with Crippen molar-refractivity contribution in [2.45, 2.75) is 0 Å². The van der Waals surface area contributed by atoms with E-state index in [0.717, 1.165) is 0 Å². The first kappa shape index (κ1) is 56.5. The molecule has 0 aromatic carbocycles. The van der Waals surface area contributed by atoms with Gasteiger partial charge in [0.05, 0.1) is 30.5 Å². The van der Waals surface area contributed by atoms with E-state index in [-0.39, 0.29) is 49.8 Å². The summed E-state index contributed by atoms with van der Waals surface area (Å²) < 4.78 is 0. The van der Waals surface area contributed by atoms with E-state index in [0.29, 0.717) is 0 Å². The first-order chi connectivity index (χ1) is 10.4. The fourth-order valence-corrected chi connectivity index (χ4v) is 0. The first-order valence-corrected chi connectivity index (χ1v) is 3.29. The van der Waals surface area contributed by atoms with Gasteiger partial charge in [-0.3, -0.25) is 0 Å². The van der Waals surface area contributed by atoms with Crippen LogP contribution in [0.15, 0.2) is 0 Å². The zero-order chi connectivity index (χ0) is 21.5. The molecule has 167 valence electrons. The van der Waals surface area contributed by atoms with Crippen molar-refractivity contribution in [3.8, 4) is 0 Å². The topological polar surface area (TPSA) is 397 Å². The Morgan fingerprint density at radius 3 is 0.296 bits per heavy atom. The minimum atomic E-state index is -1.75. The van der Waals surface area contributed by atoms with Crippen molar-refractivity contribution in [2.24, 2.45) is 0 Å². The molecule has 0 heterocycles. The van der Waals surface area contributed by atoms with Crippen LogP contribution in [0.5, 0.6) is 0 Å². The van der Waals surface area contributed by atoms with Crippen molar-refractivity contribution < 1.29 is 80.3 Å². The zero-order valence-corrected chi connectivity index (χ0v) is 14.0. The van der Waals surface area contributed by atoms with Crippen LogP contribution < -0.4 is 0 Å². The number of hydrogen-bond acceptors (Lipinski definition) is 18. The van der Waals surface area contributed by atoms with E-state index in [1.165, 1.54) is 0 Å². The molecule has 0 spiro atoms. The molecule has 0 unspecified atom stereocenters. The molecule has 0 aromatic rings. The standard InChI is InChI=1S/Co.6NO3.2Ni/c;6*2-1(3)4;;/q+2;6*-1;2*+2. The second kappa shape index (κ2) is 49.5. The Bertz CT molecular complexity index is 267. The average Bonchev–Trinajstić information content (AvgIpc) is 2.08. The molecule has 0 fully saturated rings. The smallest absolute Gasteiger partial charge is 0.356 e. The Hall–Kier alpha value is -3.31. The van der Waals surface area contributed by atoms with Crippen LogP contribution in [0.2, 0.25) is 0 Å². The molecular weight excluding hydrogens is 548 g/mol. The van der Waals surface area contributed by atoms with Crippen LogP contribution in [0.1, 0.15) is 0 Å². The molecule has 27 heavy (non-hydrogen) atoms. The van der Waals surface area contributed by atoms with Crippen molar-refractivity contribution in [3.63, 3.8) is 0 Å². The third kappa shape index (κ3) is 889. The van der Waals surface area contributed by atoms with E-state index in [1.807, 2.05) is 0 Å². The van der Waals surface area contributed by atoms with Crippen molar-refractivity contribution in [3.05, 3.63) is 91.9 Å². The van der Waals surface area contributed by atoms with Gasteiger partial charge in [0.25, 0.3) is 0 Å². The minimum Gasteiger partial charge on any atom is -0.356 e. The molecule has 0 aromatic heterocycles. The van der Waals surface area contributed by atoms with Gasteiger partial charge in [-0.1, -0.05) is 0 Å². The third-order valence-corrected chi connectivity index (χ3v) is 0. The fraction of sp³-hybridized carbons (Fsp3) is 0. The average molecular weight is 548 g/mol. The third-order valence-electron chi connectivity index (χ3n) is 0. The normalized spacial score (nSPS) is 5.33. The number of rotatable bonds is 0. The predicted octanol–water partition coefficient (Wildman–Crippen LogP) is -1.44. The maximum atomic E-state index is 8.25. The van der Waals surface area contributed by atoms with Crippen LogP contribution in [0.25, 0.3) is 0 Å². The molecule has 0 aliphatic rings. The quantitative estimate of drug-likeness (QED) is 0.190. The van der Waals surface area contributed by atoms with E-state index in [2.05, 4.69) is 0 Å². The molecular formula is CoN6Ni2O18. The van der Waals surface area contributed by atoms with E-state index in [9.17, 15) is 0 Å². The molecule has 0 atom stereocenters. The van der Waals surface area contributed by atoms with Crippen LogP contribution in [-0.2, 0) is 49.8 Å². The first-order valence-electron chi connectivity index (χ1n) is 3.29. The molecule has 0 aliphatic heterocycles. The maximum Gasteiger partial charge on any atom is 2.00 e. The van der Waals surface area contributed by atoms with Crippen molar-refractivity contribution in [1.82, 2.24) is 0 Å². The van der Waals surface area contributed by atoms with Crippen molar-refractivity contribution >= 4 is 0 Å². The molecule has 0 rings (SSSR count). The van der Waals surface area contributed by atoms with Gasteiger partial charge < -0.3 is 91.9 Å². The van der Waals surface area contributed by atoms with Gasteiger partial charge in [0, 0.05) is 0 Å². The molecule has 27 heteroatoms. The van der Waals surface area contributed by atoms with Gasteiger partial charge in [0.2, 0.25) is 0 Å². The monoisotopic (exact) mass is 547 g/mol. The molecule has 0 saturated heterocycles. The van der Waals surface area contributed by atoms with Gasteiger partial charge in [0.15, 0.2) is 0 Å². The second-order valence-corrected chi connectivity index (χ2v) is 1.34. The Balaban J connectivity index is -0.0000000201. The molecule has 0 aliphatic carbocycles. The van der Waals surface area contributed by atoms with Gasteiger partial charge >= 0.3 is 49.8 Å². The Kier molecular flexibility index (Phi) is 104. The van der Waals surface area contributed by atoms with E-state index < -0.39 is 30.5 Å². The largest absolute Gasteiger partial charge is 2.00 e. The van der Waals surface area contributed by atoms with Crippen LogP contribution in [0, 0.1) is 91.9 Å². The molecule has 24 nitrogen and oxygen atoms in total. The summed E-state index contributed by atoms with van der Waals surface area (Å²) in [7, 11) is 0. The summed E-state index contributed by atoms with van der Waals surface area (Å²) >= 11 is 0. The van der Waals surface area contributed by atoms with Crippen LogP contribution in [-0.4, -0.2) is 30.5 Å². The van der Waals surface area contributed by atoms with Crippen molar-refractivity contribution in [1.29, 1.82) is 0 Å². The van der Waals surface area contributed by atoms with E-state index in [4.69, 9.17) is 91.9 Å². The van der Waals surface area contributed by atoms with Gasteiger partial charge in [-0.15, -0.1) is 0 Å². The molecule has 0 bridgehead atoms. The minimum absolute atomic E-state index is 0. The van der Waals surface area contributed by atoms with Crippen LogP contribution in [0.4, 0.5) is 0 Å². The van der Waals surface area contributed by atoms with Crippen LogP contribution >= 0.6 is 0 Å². The fourth-order valence-electron chi connectivity index (χ4n) is 0. The van der Waals surface area contributed by atoms with Crippen molar-refractivity contribution in [2.75, 3.05) is 0 Å². The summed E-state index contributed by atoms with van der Waals surface area (Å²) in [5.41, 5.74) is 0.